The number of carbonyl (C=O) groups excluding carboxylic acids is 1. The van der Waals surface area contributed by atoms with Crippen LogP contribution in [0.15, 0.2) is 42.6 Å². The molecule has 1 amide bonds. The van der Waals surface area contributed by atoms with E-state index in [4.69, 9.17) is 14.2 Å². The van der Waals surface area contributed by atoms with Crippen LogP contribution in [0.25, 0.3) is 0 Å². The molecule has 0 saturated carbocycles. The first-order valence-corrected chi connectivity index (χ1v) is 9.81. The van der Waals surface area contributed by atoms with Crippen molar-refractivity contribution in [3.05, 3.63) is 48.2 Å². The summed E-state index contributed by atoms with van der Waals surface area (Å²) < 4.78 is 16.9. The van der Waals surface area contributed by atoms with Gasteiger partial charge in [-0.3, -0.25) is 4.79 Å². The number of nitrogens with one attached hydrogen (secondary N) is 2. The van der Waals surface area contributed by atoms with Gasteiger partial charge in [-0.1, -0.05) is 12.1 Å². The van der Waals surface area contributed by atoms with Crippen molar-refractivity contribution in [2.75, 3.05) is 26.4 Å². The first-order valence-electron chi connectivity index (χ1n) is 9.81. The quantitative estimate of drug-likeness (QED) is 0.564. The minimum absolute atomic E-state index is 0.0558. The molecule has 29 heavy (non-hydrogen) atoms. The summed E-state index contributed by atoms with van der Waals surface area (Å²) in [6.07, 6.45) is 1.70. The summed E-state index contributed by atoms with van der Waals surface area (Å²) in [4.78, 5) is 16.1. The van der Waals surface area contributed by atoms with Crippen LogP contribution in [0.2, 0.25) is 0 Å². The van der Waals surface area contributed by atoms with Crippen molar-refractivity contribution in [2.45, 2.75) is 39.8 Å². The molecule has 0 radical (unpaired) electrons. The van der Waals surface area contributed by atoms with E-state index < -0.39 is 0 Å². The minimum atomic E-state index is -0.293. The van der Waals surface area contributed by atoms with Gasteiger partial charge in [0.25, 0.3) is 5.91 Å². The average Bonchev–Trinajstić information content (AvgIpc) is 2.67. The topological polar surface area (TPSA) is 81.7 Å². The van der Waals surface area contributed by atoms with Crippen LogP contribution in [0.1, 0.15) is 33.3 Å². The lowest BCUT2D eigenvalue weighted by Crippen LogP contribution is -2.43. The lowest BCUT2D eigenvalue weighted by atomic mass is 10.1. The van der Waals surface area contributed by atoms with E-state index in [1.54, 1.807) is 6.20 Å². The molecule has 0 atom stereocenters. The zero-order valence-corrected chi connectivity index (χ0v) is 17.7. The molecule has 0 spiro atoms. The zero-order valence-electron chi connectivity index (χ0n) is 17.7. The summed E-state index contributed by atoms with van der Waals surface area (Å²) in [5.41, 5.74) is 0.761. The molecule has 0 aliphatic heterocycles. The van der Waals surface area contributed by atoms with E-state index in [0.29, 0.717) is 43.7 Å². The number of benzene rings is 1. The van der Waals surface area contributed by atoms with Crippen molar-refractivity contribution >= 4 is 5.91 Å². The molecule has 0 fully saturated rings. The van der Waals surface area contributed by atoms with Crippen LogP contribution >= 0.6 is 0 Å². The van der Waals surface area contributed by atoms with Crippen LogP contribution < -0.4 is 24.8 Å². The van der Waals surface area contributed by atoms with Gasteiger partial charge >= 0.3 is 0 Å². The Morgan fingerprint density at radius 2 is 1.90 bits per heavy atom. The van der Waals surface area contributed by atoms with E-state index in [-0.39, 0.29) is 18.1 Å². The molecule has 0 saturated heterocycles. The van der Waals surface area contributed by atoms with E-state index >= 15 is 0 Å². The number of hydrogen-bond donors (Lipinski definition) is 2. The van der Waals surface area contributed by atoms with E-state index in [1.165, 1.54) is 0 Å². The third-order valence-corrected chi connectivity index (χ3v) is 3.68. The fourth-order valence-electron chi connectivity index (χ4n) is 2.54. The fraction of sp³-hybridized carbons (Fsp3) is 0.455. The highest BCUT2D eigenvalue weighted by Gasteiger charge is 2.15. The maximum absolute atomic E-state index is 12.0. The van der Waals surface area contributed by atoms with Crippen LogP contribution in [-0.2, 0) is 11.3 Å². The number of rotatable bonds is 11. The second-order valence-electron chi connectivity index (χ2n) is 7.49. The maximum atomic E-state index is 12.0. The van der Waals surface area contributed by atoms with Crippen LogP contribution in [-0.4, -0.2) is 42.8 Å². The molecule has 7 heteroatoms. The molecule has 1 heterocycles. The number of carbonyl (C=O) groups is 1. The average molecular weight is 402 g/mol. The zero-order chi connectivity index (χ0) is 21.1. The number of hydrogen-bond acceptors (Lipinski definition) is 6. The normalized spacial score (nSPS) is 11.0. The van der Waals surface area contributed by atoms with Gasteiger partial charge in [0.15, 0.2) is 18.1 Å². The molecule has 2 N–H and O–H groups in total. The summed E-state index contributed by atoms with van der Waals surface area (Å²) in [7, 11) is 0. The van der Waals surface area contributed by atoms with Crippen LogP contribution in [0.4, 0.5) is 0 Å². The molecule has 0 bridgehead atoms. The Balaban J connectivity index is 1.82. The molecule has 1 aromatic carbocycles. The summed E-state index contributed by atoms with van der Waals surface area (Å²) in [5.74, 6) is 1.63. The summed E-state index contributed by atoms with van der Waals surface area (Å²) in [5, 5.41) is 6.20. The number of aromatic nitrogens is 1. The molecular weight excluding hydrogens is 370 g/mol. The van der Waals surface area contributed by atoms with Gasteiger partial charge in [0.1, 0.15) is 6.61 Å². The van der Waals surface area contributed by atoms with E-state index in [1.807, 2.05) is 64.1 Å². The predicted molar refractivity (Wildman–Crippen MR) is 112 cm³/mol. The van der Waals surface area contributed by atoms with E-state index in [9.17, 15) is 4.79 Å². The Labute approximate surface area is 172 Å². The highest BCUT2D eigenvalue weighted by Crippen LogP contribution is 2.28. The number of pyridine rings is 1. The van der Waals surface area contributed by atoms with Gasteiger partial charge in [-0.25, -0.2) is 4.98 Å². The number of nitrogens with zero attached hydrogens (tertiary/aromatic N) is 1. The Kier molecular flexibility index (Phi) is 8.73. The largest absolute Gasteiger partial charge is 0.490 e. The van der Waals surface area contributed by atoms with Crippen molar-refractivity contribution in [3.63, 3.8) is 0 Å². The van der Waals surface area contributed by atoms with Crippen LogP contribution in [0.5, 0.6) is 17.4 Å². The molecule has 2 rings (SSSR count). The van der Waals surface area contributed by atoms with Crippen molar-refractivity contribution in [1.29, 1.82) is 0 Å². The van der Waals surface area contributed by atoms with Crippen molar-refractivity contribution in [2.24, 2.45) is 0 Å². The molecule has 2 aromatic rings. The van der Waals surface area contributed by atoms with Gasteiger partial charge in [-0.05, 0) is 51.5 Å². The third-order valence-electron chi connectivity index (χ3n) is 3.68. The molecular formula is C22H31N3O4. The SMILES string of the molecule is CCOc1cc(CNCCOc2ccccn2)ccc1OCC(=O)NC(C)(C)C. The first-order chi connectivity index (χ1) is 13.9. The van der Waals surface area contributed by atoms with Gasteiger partial charge < -0.3 is 24.8 Å². The van der Waals surface area contributed by atoms with Crippen molar-refractivity contribution in [1.82, 2.24) is 15.6 Å². The highest BCUT2D eigenvalue weighted by molar-refractivity contribution is 5.78. The first kappa shape index (κ1) is 22.5. The van der Waals surface area contributed by atoms with Gasteiger partial charge in [-0.15, -0.1) is 0 Å². The second-order valence-corrected chi connectivity index (χ2v) is 7.49. The lowest BCUT2D eigenvalue weighted by molar-refractivity contribution is -0.124. The van der Waals surface area contributed by atoms with Gasteiger partial charge in [0.05, 0.1) is 6.61 Å². The molecule has 158 valence electrons. The second kappa shape index (κ2) is 11.3. The Morgan fingerprint density at radius 3 is 2.59 bits per heavy atom. The Bertz CT molecular complexity index is 760. The molecule has 1 aromatic heterocycles. The molecule has 0 aliphatic rings. The summed E-state index contributed by atoms with van der Waals surface area (Å²) >= 11 is 0. The highest BCUT2D eigenvalue weighted by atomic mass is 16.5. The molecule has 7 nitrogen and oxygen atoms in total. The van der Waals surface area contributed by atoms with E-state index in [0.717, 1.165) is 5.56 Å². The Hall–Kier alpha value is -2.80. The molecule has 0 aliphatic carbocycles. The van der Waals surface area contributed by atoms with Gasteiger partial charge in [0, 0.05) is 30.9 Å². The Morgan fingerprint density at radius 1 is 1.07 bits per heavy atom. The third kappa shape index (κ3) is 8.83. The van der Waals surface area contributed by atoms with E-state index in [2.05, 4.69) is 15.6 Å². The number of amides is 1. The fourth-order valence-corrected chi connectivity index (χ4v) is 2.54. The maximum Gasteiger partial charge on any atom is 0.258 e. The standard InChI is InChI=1S/C22H31N3O4/c1-5-27-19-14-17(15-23-12-13-28-21-8-6-7-11-24-21)9-10-18(19)29-16-20(26)25-22(2,3)4/h6-11,14,23H,5,12-13,15-16H2,1-4H3,(H,25,26). The lowest BCUT2D eigenvalue weighted by Gasteiger charge is -2.21. The monoisotopic (exact) mass is 401 g/mol. The summed E-state index contributed by atoms with van der Waals surface area (Å²) in [6.45, 7) is 10.0. The van der Waals surface area contributed by atoms with Crippen LogP contribution in [0, 0.1) is 0 Å². The van der Waals surface area contributed by atoms with Crippen LogP contribution in [0.3, 0.4) is 0 Å². The predicted octanol–water partition coefficient (Wildman–Crippen LogP) is 2.94. The smallest absolute Gasteiger partial charge is 0.258 e. The number of ether oxygens (including phenoxy) is 3. The van der Waals surface area contributed by atoms with Gasteiger partial charge in [-0.2, -0.15) is 0 Å². The summed E-state index contributed by atoms with van der Waals surface area (Å²) in [6, 6.07) is 11.3. The van der Waals surface area contributed by atoms with Gasteiger partial charge in [0.2, 0.25) is 5.88 Å². The van der Waals surface area contributed by atoms with Crippen molar-refractivity contribution in [3.8, 4) is 17.4 Å². The van der Waals surface area contributed by atoms with Crippen molar-refractivity contribution < 1.29 is 19.0 Å². The molecule has 0 unspecified atom stereocenters. The minimum Gasteiger partial charge on any atom is -0.490 e.